The van der Waals surface area contributed by atoms with Crippen molar-refractivity contribution in [2.75, 3.05) is 5.32 Å². The molecule has 1 N–H and O–H groups in total. The number of hydrogen-bond acceptors (Lipinski definition) is 6. The minimum atomic E-state index is -4.50. The van der Waals surface area contributed by atoms with E-state index in [2.05, 4.69) is 15.5 Å². The van der Waals surface area contributed by atoms with Crippen LogP contribution in [0.4, 0.5) is 24.5 Å². The fraction of sp³-hybridized carbons (Fsp3) is 0.227. The number of hydrogen-bond donors (Lipinski definition) is 1. The number of carbonyl (C=O) groups excluding carboxylic acids is 1. The molecule has 4 rings (SSSR count). The topological polar surface area (TPSA) is 63.6 Å². The molecule has 0 bridgehead atoms. The van der Waals surface area contributed by atoms with Gasteiger partial charge in [-0.05, 0) is 42.3 Å². The molecule has 1 aromatic carbocycles. The van der Waals surface area contributed by atoms with Crippen LogP contribution in [0.3, 0.4) is 0 Å². The number of carbonyl (C=O) groups is 1. The summed E-state index contributed by atoms with van der Waals surface area (Å²) in [5.74, 6) is 0.0173. The molecule has 166 valence electrons. The molecule has 0 saturated heterocycles. The third-order valence-corrected chi connectivity index (χ3v) is 6.17. The van der Waals surface area contributed by atoms with Crippen LogP contribution < -0.4 is 5.32 Å². The number of rotatable bonds is 7. The average Bonchev–Trinajstić information content (AvgIpc) is 3.41. The van der Waals surface area contributed by atoms with Crippen LogP contribution in [0.5, 0.6) is 0 Å². The van der Waals surface area contributed by atoms with Crippen LogP contribution in [-0.4, -0.2) is 22.6 Å². The zero-order valence-corrected chi connectivity index (χ0v) is 18.1. The quantitative estimate of drug-likeness (QED) is 0.382. The van der Waals surface area contributed by atoms with Crippen LogP contribution in [-0.2, 0) is 11.0 Å². The van der Waals surface area contributed by atoms with Crippen molar-refractivity contribution in [2.45, 2.75) is 31.5 Å². The van der Waals surface area contributed by atoms with E-state index in [1.54, 1.807) is 36.4 Å². The standard InChI is InChI=1S/C22H17ClF3N3O2S/c23-21-8-7-20(32-21)19(30)6-5-15-11-18(29-31-15)13-1-3-14(4-2-13)28-17-9-10-27-12-16(17)22(24,25)26/h1-4,7-10,12,15H,5-6,11H2,(H,27,28). The number of aromatic nitrogens is 1. The SMILES string of the molecule is O=C(CCC1CC(c2ccc(Nc3ccncc3C(F)(F)F)cc2)=NO1)c1ccc(Cl)s1. The molecule has 0 fully saturated rings. The normalized spacial score (nSPS) is 15.9. The lowest BCUT2D eigenvalue weighted by molar-refractivity contribution is -0.137. The van der Waals surface area contributed by atoms with Crippen molar-refractivity contribution < 1.29 is 22.8 Å². The summed E-state index contributed by atoms with van der Waals surface area (Å²) in [6, 6.07) is 11.6. The summed E-state index contributed by atoms with van der Waals surface area (Å²) in [6.07, 6.45) is -1.20. The number of alkyl halides is 3. The van der Waals surface area contributed by atoms with Crippen molar-refractivity contribution in [1.29, 1.82) is 0 Å². The van der Waals surface area contributed by atoms with E-state index in [0.717, 1.165) is 17.5 Å². The number of benzene rings is 1. The molecule has 0 aliphatic carbocycles. The highest BCUT2D eigenvalue weighted by Crippen LogP contribution is 2.35. The van der Waals surface area contributed by atoms with Gasteiger partial charge in [-0.15, -0.1) is 11.3 Å². The Morgan fingerprint density at radius 1 is 1.19 bits per heavy atom. The summed E-state index contributed by atoms with van der Waals surface area (Å²) in [5.41, 5.74) is 1.13. The van der Waals surface area contributed by atoms with E-state index in [9.17, 15) is 18.0 Å². The van der Waals surface area contributed by atoms with Gasteiger partial charge in [-0.1, -0.05) is 28.9 Å². The lowest BCUT2D eigenvalue weighted by atomic mass is 10.0. The van der Waals surface area contributed by atoms with Crippen LogP contribution in [0.2, 0.25) is 4.34 Å². The largest absolute Gasteiger partial charge is 0.419 e. The lowest BCUT2D eigenvalue weighted by Crippen LogP contribution is -2.11. The van der Waals surface area contributed by atoms with E-state index < -0.39 is 11.7 Å². The first-order valence-corrected chi connectivity index (χ1v) is 10.9. The second-order valence-electron chi connectivity index (χ2n) is 7.16. The highest BCUT2D eigenvalue weighted by Gasteiger charge is 2.33. The average molecular weight is 480 g/mol. The summed E-state index contributed by atoms with van der Waals surface area (Å²) in [4.78, 5) is 21.9. The molecule has 0 spiro atoms. The predicted octanol–water partition coefficient (Wildman–Crippen LogP) is 6.72. The molecule has 1 aliphatic heterocycles. The van der Waals surface area contributed by atoms with Gasteiger partial charge in [0.25, 0.3) is 0 Å². The van der Waals surface area contributed by atoms with Crippen molar-refractivity contribution in [3.8, 4) is 0 Å². The molecular formula is C22H17ClF3N3O2S. The van der Waals surface area contributed by atoms with Gasteiger partial charge in [-0.25, -0.2) is 0 Å². The molecule has 1 aliphatic rings. The Bertz CT molecular complexity index is 1150. The van der Waals surface area contributed by atoms with Crippen molar-refractivity contribution in [3.63, 3.8) is 0 Å². The van der Waals surface area contributed by atoms with Gasteiger partial charge in [0.1, 0.15) is 6.10 Å². The maximum atomic E-state index is 13.1. The minimum Gasteiger partial charge on any atom is -0.392 e. The molecule has 2 aromatic heterocycles. The zero-order valence-electron chi connectivity index (χ0n) is 16.5. The molecule has 1 atom stereocenters. The highest BCUT2D eigenvalue weighted by molar-refractivity contribution is 7.18. The second kappa shape index (κ2) is 9.30. The summed E-state index contributed by atoms with van der Waals surface area (Å²) >= 11 is 7.12. The van der Waals surface area contributed by atoms with Crippen LogP contribution in [0, 0.1) is 0 Å². The summed E-state index contributed by atoms with van der Waals surface area (Å²) in [7, 11) is 0. The first kappa shape index (κ1) is 22.3. The Labute approximate surface area is 190 Å². The van der Waals surface area contributed by atoms with Crippen LogP contribution in [0.1, 0.15) is 40.1 Å². The Morgan fingerprint density at radius 3 is 2.66 bits per heavy atom. The second-order valence-corrected chi connectivity index (χ2v) is 8.87. The van der Waals surface area contributed by atoms with E-state index in [-0.39, 0.29) is 17.6 Å². The predicted molar refractivity (Wildman–Crippen MR) is 118 cm³/mol. The highest BCUT2D eigenvalue weighted by atomic mass is 35.5. The fourth-order valence-electron chi connectivity index (χ4n) is 3.26. The number of nitrogens with one attached hydrogen (secondary N) is 1. The molecule has 10 heteroatoms. The number of oxime groups is 1. The zero-order chi connectivity index (χ0) is 22.7. The van der Waals surface area contributed by atoms with Crippen molar-refractivity contribution >= 4 is 45.8 Å². The third kappa shape index (κ3) is 5.28. The molecule has 0 saturated carbocycles. The van der Waals surface area contributed by atoms with E-state index in [0.29, 0.717) is 34.2 Å². The molecule has 0 radical (unpaired) electrons. The number of halogens is 4. The van der Waals surface area contributed by atoms with Crippen LogP contribution in [0.25, 0.3) is 0 Å². The fourth-order valence-corrected chi connectivity index (χ4v) is 4.27. The molecular weight excluding hydrogens is 463 g/mol. The van der Waals surface area contributed by atoms with Gasteiger partial charge in [-0.2, -0.15) is 13.2 Å². The van der Waals surface area contributed by atoms with Crippen LogP contribution in [0.15, 0.2) is 60.0 Å². The van der Waals surface area contributed by atoms with Gasteiger partial charge < -0.3 is 10.2 Å². The Hall–Kier alpha value is -2.91. The maximum absolute atomic E-state index is 13.1. The van der Waals surface area contributed by atoms with Crippen molar-refractivity contribution in [2.24, 2.45) is 5.16 Å². The molecule has 3 aromatic rings. The van der Waals surface area contributed by atoms with Gasteiger partial charge in [0, 0.05) is 30.9 Å². The third-order valence-electron chi connectivity index (χ3n) is 4.90. The first-order valence-electron chi connectivity index (χ1n) is 9.69. The van der Waals surface area contributed by atoms with Gasteiger partial charge in [0.15, 0.2) is 5.78 Å². The maximum Gasteiger partial charge on any atom is 0.419 e. The Kier molecular flexibility index (Phi) is 6.48. The van der Waals surface area contributed by atoms with Crippen molar-refractivity contribution in [3.05, 3.63) is 75.2 Å². The van der Waals surface area contributed by atoms with E-state index >= 15 is 0 Å². The molecule has 3 heterocycles. The van der Waals surface area contributed by atoms with Gasteiger partial charge >= 0.3 is 6.18 Å². The number of thiophene rings is 1. The van der Waals surface area contributed by atoms with Gasteiger partial charge in [-0.3, -0.25) is 9.78 Å². The van der Waals surface area contributed by atoms with E-state index in [4.69, 9.17) is 16.4 Å². The molecule has 0 amide bonds. The number of anilines is 2. The minimum absolute atomic E-state index is 0.0173. The summed E-state index contributed by atoms with van der Waals surface area (Å²) in [6.45, 7) is 0. The van der Waals surface area contributed by atoms with E-state index in [1.807, 2.05) is 0 Å². The Morgan fingerprint density at radius 2 is 1.97 bits per heavy atom. The molecule has 1 unspecified atom stereocenters. The Balaban J connectivity index is 1.34. The van der Waals surface area contributed by atoms with Crippen LogP contribution >= 0.6 is 22.9 Å². The molecule has 5 nitrogen and oxygen atoms in total. The monoisotopic (exact) mass is 479 g/mol. The van der Waals surface area contributed by atoms with Gasteiger partial charge in [0.2, 0.25) is 0 Å². The molecule has 32 heavy (non-hydrogen) atoms. The number of ketones is 1. The van der Waals surface area contributed by atoms with Crippen molar-refractivity contribution in [1.82, 2.24) is 4.98 Å². The first-order chi connectivity index (χ1) is 15.3. The van der Waals surface area contributed by atoms with Gasteiger partial charge in [0.05, 0.1) is 26.2 Å². The smallest absolute Gasteiger partial charge is 0.392 e. The number of nitrogens with zero attached hydrogens (tertiary/aromatic N) is 2. The number of Topliss-reactive ketones (excluding diaryl/α,β-unsaturated/α-hetero) is 1. The number of pyridine rings is 1. The summed E-state index contributed by atoms with van der Waals surface area (Å²) in [5, 5.41) is 6.89. The summed E-state index contributed by atoms with van der Waals surface area (Å²) < 4.78 is 40.0. The van der Waals surface area contributed by atoms with E-state index in [1.165, 1.54) is 23.6 Å². The lowest BCUT2D eigenvalue weighted by Gasteiger charge is -2.14.